The summed E-state index contributed by atoms with van der Waals surface area (Å²) in [5.41, 5.74) is 8.80. The number of amides is 2. The highest BCUT2D eigenvalue weighted by molar-refractivity contribution is 6.35. The molecule has 0 bridgehead atoms. The molecule has 0 aliphatic carbocycles. The number of urea groups is 1. The van der Waals surface area contributed by atoms with E-state index in [-0.39, 0.29) is 12.1 Å². The summed E-state index contributed by atoms with van der Waals surface area (Å²) in [5.74, 6) is 0. The van der Waals surface area contributed by atoms with Gasteiger partial charge in [-0.05, 0) is 30.2 Å². The van der Waals surface area contributed by atoms with Crippen LogP contribution < -0.4 is 5.73 Å². The van der Waals surface area contributed by atoms with Gasteiger partial charge in [-0.3, -0.25) is 4.90 Å². The topological polar surface area (TPSA) is 49.6 Å². The average Bonchev–Trinajstić information content (AvgIpc) is 2.59. The zero-order valence-corrected chi connectivity index (χ0v) is 15.6. The third kappa shape index (κ3) is 4.09. The van der Waals surface area contributed by atoms with E-state index in [2.05, 4.69) is 36.1 Å². The number of nitrogens with zero attached hydrogens (tertiary/aromatic N) is 2. The molecule has 25 heavy (non-hydrogen) atoms. The number of piperazine rings is 1. The lowest BCUT2D eigenvalue weighted by Crippen LogP contribution is -2.51. The molecule has 1 aliphatic heterocycles. The first-order chi connectivity index (χ1) is 12.0. The van der Waals surface area contributed by atoms with Gasteiger partial charge in [0.2, 0.25) is 0 Å². The lowest BCUT2D eigenvalue weighted by atomic mass is 9.95. The molecule has 1 atom stereocenters. The fraction of sp³-hybridized carbons (Fsp3) is 0.316. The molecule has 1 heterocycles. The number of carbonyl (C=O) groups excluding carboxylic acids is 1. The van der Waals surface area contributed by atoms with Gasteiger partial charge in [-0.25, -0.2) is 4.79 Å². The van der Waals surface area contributed by atoms with Crippen molar-refractivity contribution in [3.8, 4) is 0 Å². The van der Waals surface area contributed by atoms with Crippen LogP contribution in [0.1, 0.15) is 22.7 Å². The molecule has 1 unspecified atom stereocenters. The minimum atomic E-state index is -0.365. The fourth-order valence-corrected chi connectivity index (χ4v) is 3.77. The Hall–Kier alpha value is -1.75. The van der Waals surface area contributed by atoms with Crippen molar-refractivity contribution >= 4 is 29.2 Å². The Bertz CT molecular complexity index is 756. The van der Waals surface area contributed by atoms with E-state index < -0.39 is 0 Å². The molecule has 2 aromatic carbocycles. The number of aryl methyl sites for hydroxylation is 1. The van der Waals surface area contributed by atoms with Crippen LogP contribution in [0.2, 0.25) is 10.0 Å². The average molecular weight is 378 g/mol. The second-order valence-corrected chi connectivity index (χ2v) is 7.18. The second-order valence-electron chi connectivity index (χ2n) is 6.34. The van der Waals surface area contributed by atoms with Gasteiger partial charge in [-0.2, -0.15) is 0 Å². The number of nitrogens with two attached hydrogens (primary N) is 1. The van der Waals surface area contributed by atoms with E-state index in [0.29, 0.717) is 23.1 Å². The van der Waals surface area contributed by atoms with Crippen molar-refractivity contribution in [2.75, 3.05) is 26.2 Å². The van der Waals surface area contributed by atoms with Crippen LogP contribution in [0, 0.1) is 6.92 Å². The molecule has 0 radical (unpaired) electrons. The fourth-order valence-electron chi connectivity index (χ4n) is 3.26. The maximum absolute atomic E-state index is 11.4. The Kier molecular flexibility index (Phi) is 5.52. The van der Waals surface area contributed by atoms with E-state index in [0.717, 1.165) is 18.7 Å². The van der Waals surface area contributed by atoms with Crippen molar-refractivity contribution < 1.29 is 4.79 Å². The summed E-state index contributed by atoms with van der Waals surface area (Å²) >= 11 is 12.6. The largest absolute Gasteiger partial charge is 0.351 e. The van der Waals surface area contributed by atoms with Gasteiger partial charge in [0.05, 0.1) is 6.04 Å². The van der Waals surface area contributed by atoms with Crippen molar-refractivity contribution in [1.82, 2.24) is 9.80 Å². The van der Waals surface area contributed by atoms with Crippen LogP contribution in [0.5, 0.6) is 0 Å². The molecule has 1 saturated heterocycles. The van der Waals surface area contributed by atoms with Crippen LogP contribution in [0.4, 0.5) is 4.79 Å². The Morgan fingerprint density at radius 1 is 1.04 bits per heavy atom. The third-order valence-corrected chi connectivity index (χ3v) is 5.20. The summed E-state index contributed by atoms with van der Waals surface area (Å²) in [5, 5.41) is 1.27. The third-order valence-electron chi connectivity index (χ3n) is 4.64. The summed E-state index contributed by atoms with van der Waals surface area (Å²) in [4.78, 5) is 15.4. The number of rotatable bonds is 3. The molecule has 2 aromatic rings. The van der Waals surface area contributed by atoms with Crippen molar-refractivity contribution in [2.24, 2.45) is 5.73 Å². The first-order valence-corrected chi connectivity index (χ1v) is 9.01. The molecule has 0 spiro atoms. The molecule has 1 aliphatic rings. The van der Waals surface area contributed by atoms with Gasteiger partial charge >= 0.3 is 6.03 Å². The first kappa shape index (κ1) is 18.1. The van der Waals surface area contributed by atoms with Crippen LogP contribution in [0.3, 0.4) is 0 Å². The van der Waals surface area contributed by atoms with E-state index in [1.807, 2.05) is 12.1 Å². The number of benzene rings is 2. The van der Waals surface area contributed by atoms with E-state index in [1.165, 1.54) is 11.1 Å². The zero-order chi connectivity index (χ0) is 18.0. The summed E-state index contributed by atoms with van der Waals surface area (Å²) in [6, 6.07) is 13.7. The van der Waals surface area contributed by atoms with Gasteiger partial charge in [0.25, 0.3) is 0 Å². The highest BCUT2D eigenvalue weighted by atomic mass is 35.5. The molecule has 132 valence electrons. The van der Waals surface area contributed by atoms with Crippen molar-refractivity contribution in [3.63, 3.8) is 0 Å². The Morgan fingerprint density at radius 3 is 2.24 bits per heavy atom. The van der Waals surface area contributed by atoms with Crippen LogP contribution in [-0.4, -0.2) is 42.0 Å². The number of carbonyl (C=O) groups is 1. The van der Waals surface area contributed by atoms with E-state index in [1.54, 1.807) is 11.0 Å². The smallest absolute Gasteiger partial charge is 0.314 e. The first-order valence-electron chi connectivity index (χ1n) is 8.25. The molecule has 6 heteroatoms. The minimum absolute atomic E-state index is 0.0143. The summed E-state index contributed by atoms with van der Waals surface area (Å²) < 4.78 is 0. The van der Waals surface area contributed by atoms with E-state index in [9.17, 15) is 4.79 Å². The maximum atomic E-state index is 11.4. The second kappa shape index (κ2) is 7.65. The Balaban J connectivity index is 1.95. The lowest BCUT2D eigenvalue weighted by molar-refractivity contribution is 0.124. The Labute approximate surface area is 158 Å². The molecule has 1 fully saturated rings. The Morgan fingerprint density at radius 2 is 1.68 bits per heavy atom. The minimum Gasteiger partial charge on any atom is -0.351 e. The molecule has 0 saturated carbocycles. The van der Waals surface area contributed by atoms with Crippen molar-refractivity contribution in [1.29, 1.82) is 0 Å². The highest BCUT2D eigenvalue weighted by Gasteiger charge is 2.28. The molecule has 4 nitrogen and oxygen atoms in total. The molecule has 3 rings (SSSR count). The van der Waals surface area contributed by atoms with Gasteiger partial charge in [-0.15, -0.1) is 0 Å². The molecule has 2 N–H and O–H groups in total. The molecular formula is C19H21Cl2N3O. The molecule has 2 amide bonds. The van der Waals surface area contributed by atoms with Crippen molar-refractivity contribution in [3.05, 3.63) is 69.2 Å². The summed E-state index contributed by atoms with van der Waals surface area (Å²) in [6.45, 7) is 4.77. The monoisotopic (exact) mass is 377 g/mol. The zero-order valence-electron chi connectivity index (χ0n) is 14.1. The van der Waals surface area contributed by atoms with E-state index >= 15 is 0 Å². The van der Waals surface area contributed by atoms with Gasteiger partial charge in [-0.1, -0.05) is 59.1 Å². The van der Waals surface area contributed by atoms with Gasteiger partial charge in [0.1, 0.15) is 0 Å². The molecular weight excluding hydrogens is 357 g/mol. The lowest BCUT2D eigenvalue weighted by Gasteiger charge is -2.39. The number of primary amides is 1. The summed E-state index contributed by atoms with van der Waals surface area (Å²) in [7, 11) is 0. The number of hydrogen-bond donors (Lipinski definition) is 1. The van der Waals surface area contributed by atoms with Crippen LogP contribution in [-0.2, 0) is 0 Å². The van der Waals surface area contributed by atoms with Gasteiger partial charge in [0.15, 0.2) is 0 Å². The van der Waals surface area contributed by atoms with Gasteiger partial charge in [0, 0.05) is 36.2 Å². The molecule has 0 aromatic heterocycles. The van der Waals surface area contributed by atoms with Crippen LogP contribution >= 0.6 is 23.2 Å². The normalized spacial score (nSPS) is 16.7. The summed E-state index contributed by atoms with van der Waals surface area (Å²) in [6.07, 6.45) is 0. The number of hydrogen-bond acceptors (Lipinski definition) is 2. The standard InChI is InChI=1S/C19H21Cl2N3O/c1-13-2-4-14(5-3-13)18(16-7-6-15(20)12-17(16)21)23-8-10-24(11-9-23)19(22)25/h2-7,12,18H,8-11H2,1H3,(H2,22,25). The highest BCUT2D eigenvalue weighted by Crippen LogP contribution is 2.35. The predicted molar refractivity (Wildman–Crippen MR) is 102 cm³/mol. The van der Waals surface area contributed by atoms with E-state index in [4.69, 9.17) is 28.9 Å². The predicted octanol–water partition coefficient (Wildman–Crippen LogP) is 4.09. The number of halogens is 2. The quantitative estimate of drug-likeness (QED) is 0.875. The van der Waals surface area contributed by atoms with Gasteiger partial charge < -0.3 is 10.6 Å². The van der Waals surface area contributed by atoms with Crippen molar-refractivity contribution in [2.45, 2.75) is 13.0 Å². The van der Waals surface area contributed by atoms with Crippen LogP contribution in [0.15, 0.2) is 42.5 Å². The maximum Gasteiger partial charge on any atom is 0.314 e. The SMILES string of the molecule is Cc1ccc(C(c2ccc(Cl)cc2Cl)N2CCN(C(N)=O)CC2)cc1. The van der Waals surface area contributed by atoms with Crippen LogP contribution in [0.25, 0.3) is 0 Å².